The van der Waals surface area contributed by atoms with E-state index in [9.17, 15) is 9.59 Å². The summed E-state index contributed by atoms with van der Waals surface area (Å²) < 4.78 is 5.23. The summed E-state index contributed by atoms with van der Waals surface area (Å²) in [4.78, 5) is 28.9. The minimum atomic E-state index is -0.324. The van der Waals surface area contributed by atoms with Gasteiger partial charge < -0.3 is 14.5 Å². The highest BCUT2D eigenvalue weighted by molar-refractivity contribution is 7.99. The van der Waals surface area contributed by atoms with E-state index in [1.807, 2.05) is 37.4 Å². The van der Waals surface area contributed by atoms with Gasteiger partial charge in [0.25, 0.3) is 0 Å². The summed E-state index contributed by atoms with van der Waals surface area (Å²) in [5.41, 5.74) is 2.26. The van der Waals surface area contributed by atoms with Crippen molar-refractivity contribution < 1.29 is 14.3 Å². The molecule has 0 spiro atoms. The number of hydrogen-bond acceptors (Lipinski definition) is 5. The van der Waals surface area contributed by atoms with Gasteiger partial charge in [0.15, 0.2) is 0 Å². The number of amides is 1. The van der Waals surface area contributed by atoms with E-state index < -0.39 is 0 Å². The molecule has 0 atom stereocenters. The fraction of sp³-hybridized carbons (Fsp3) is 0.300. The van der Waals surface area contributed by atoms with E-state index in [0.717, 1.165) is 29.2 Å². The summed E-state index contributed by atoms with van der Waals surface area (Å²) in [6, 6.07) is 14.0. The SMILES string of the molecule is CC(=O)Oc1ccc2c(c1)Sc1ccccc1N2CCCN(C)C(C)=O. The molecule has 0 N–H and O–H groups in total. The number of carbonyl (C=O) groups excluding carboxylic acids is 2. The second-order valence-electron chi connectivity index (χ2n) is 6.24. The molecule has 1 amide bonds. The van der Waals surface area contributed by atoms with Crippen LogP contribution in [0.4, 0.5) is 11.4 Å². The molecule has 0 saturated carbocycles. The molecule has 136 valence electrons. The highest BCUT2D eigenvalue weighted by Crippen LogP contribution is 2.49. The van der Waals surface area contributed by atoms with Gasteiger partial charge in [-0.05, 0) is 36.8 Å². The lowest BCUT2D eigenvalue weighted by atomic mass is 10.2. The Hall–Kier alpha value is -2.47. The number of benzene rings is 2. The van der Waals surface area contributed by atoms with Crippen LogP contribution in [-0.4, -0.2) is 36.9 Å². The molecule has 0 bridgehead atoms. The maximum atomic E-state index is 11.4. The van der Waals surface area contributed by atoms with Crippen molar-refractivity contribution in [1.82, 2.24) is 4.90 Å². The number of anilines is 2. The summed E-state index contributed by atoms with van der Waals surface area (Å²) in [6.45, 7) is 4.50. The third-order valence-corrected chi connectivity index (χ3v) is 5.38. The lowest BCUT2D eigenvalue weighted by molar-refractivity contribution is -0.132. The van der Waals surface area contributed by atoms with Gasteiger partial charge in [-0.25, -0.2) is 0 Å². The number of carbonyl (C=O) groups is 2. The highest BCUT2D eigenvalue weighted by atomic mass is 32.2. The first-order valence-corrected chi connectivity index (χ1v) is 9.36. The van der Waals surface area contributed by atoms with Gasteiger partial charge in [0, 0.05) is 43.8 Å². The number of hydrogen-bond donors (Lipinski definition) is 0. The molecule has 0 radical (unpaired) electrons. The number of esters is 1. The van der Waals surface area contributed by atoms with E-state index in [0.29, 0.717) is 12.3 Å². The molecule has 1 heterocycles. The third kappa shape index (κ3) is 4.02. The Labute approximate surface area is 157 Å². The van der Waals surface area contributed by atoms with E-state index in [1.165, 1.54) is 11.8 Å². The summed E-state index contributed by atoms with van der Waals surface area (Å²) in [5, 5.41) is 0. The molecule has 1 aliphatic heterocycles. The van der Waals surface area contributed by atoms with Crippen molar-refractivity contribution in [1.29, 1.82) is 0 Å². The molecule has 6 heteroatoms. The van der Waals surface area contributed by atoms with E-state index in [-0.39, 0.29) is 11.9 Å². The standard InChI is InChI=1S/C20H22N2O3S/c1-14(23)21(3)11-6-12-22-17-7-4-5-8-19(17)26-20-13-16(25-15(2)24)9-10-18(20)22/h4-5,7-10,13H,6,11-12H2,1-3H3. The molecular formula is C20H22N2O3S. The van der Waals surface area contributed by atoms with Gasteiger partial charge in [0.1, 0.15) is 5.75 Å². The Bertz CT molecular complexity index is 838. The van der Waals surface area contributed by atoms with Crippen molar-refractivity contribution in [3.8, 4) is 5.75 Å². The van der Waals surface area contributed by atoms with E-state index in [2.05, 4.69) is 17.0 Å². The molecule has 0 fully saturated rings. The quantitative estimate of drug-likeness (QED) is 0.586. The van der Waals surface area contributed by atoms with Gasteiger partial charge >= 0.3 is 5.97 Å². The minimum Gasteiger partial charge on any atom is -0.427 e. The van der Waals surface area contributed by atoms with Crippen LogP contribution in [0.5, 0.6) is 5.75 Å². The number of rotatable bonds is 5. The summed E-state index contributed by atoms with van der Waals surface area (Å²) in [7, 11) is 1.82. The van der Waals surface area contributed by atoms with Crippen LogP contribution in [-0.2, 0) is 9.59 Å². The Kier molecular flexibility index (Phi) is 5.52. The molecular weight excluding hydrogens is 348 g/mol. The Balaban J connectivity index is 1.86. The third-order valence-electron chi connectivity index (χ3n) is 4.27. The van der Waals surface area contributed by atoms with Crippen molar-refractivity contribution in [2.24, 2.45) is 0 Å². The molecule has 5 nitrogen and oxygen atoms in total. The molecule has 0 unspecified atom stereocenters. The van der Waals surface area contributed by atoms with E-state index in [4.69, 9.17) is 4.74 Å². The molecule has 0 aromatic heterocycles. The smallest absolute Gasteiger partial charge is 0.308 e. The predicted octanol–water partition coefficient (Wildman–Crippen LogP) is 4.08. The first-order valence-electron chi connectivity index (χ1n) is 8.54. The molecule has 0 aliphatic carbocycles. The van der Waals surface area contributed by atoms with Crippen LogP contribution in [0.3, 0.4) is 0 Å². The normalized spacial score (nSPS) is 12.2. The molecule has 3 rings (SSSR count). The Morgan fingerprint density at radius 2 is 1.81 bits per heavy atom. The van der Waals surface area contributed by atoms with Crippen molar-refractivity contribution in [3.63, 3.8) is 0 Å². The van der Waals surface area contributed by atoms with Gasteiger partial charge in [-0.15, -0.1) is 0 Å². The van der Waals surface area contributed by atoms with Crippen molar-refractivity contribution >= 4 is 35.0 Å². The number of para-hydroxylation sites is 1. The zero-order valence-electron chi connectivity index (χ0n) is 15.2. The van der Waals surface area contributed by atoms with E-state index >= 15 is 0 Å². The van der Waals surface area contributed by atoms with Crippen LogP contribution < -0.4 is 9.64 Å². The second-order valence-corrected chi connectivity index (χ2v) is 7.32. The largest absolute Gasteiger partial charge is 0.427 e. The monoisotopic (exact) mass is 370 g/mol. The first-order chi connectivity index (χ1) is 12.5. The van der Waals surface area contributed by atoms with Crippen molar-refractivity contribution in [2.45, 2.75) is 30.1 Å². The first kappa shape index (κ1) is 18.3. The number of nitrogens with zero attached hydrogens (tertiary/aromatic N) is 2. The summed E-state index contributed by atoms with van der Waals surface area (Å²) in [6.07, 6.45) is 0.861. The fourth-order valence-corrected chi connectivity index (χ4v) is 4.03. The average Bonchev–Trinajstić information content (AvgIpc) is 2.60. The molecule has 2 aromatic rings. The average molecular weight is 370 g/mol. The molecule has 2 aromatic carbocycles. The van der Waals surface area contributed by atoms with Crippen LogP contribution in [0.15, 0.2) is 52.3 Å². The molecule has 26 heavy (non-hydrogen) atoms. The second kappa shape index (κ2) is 7.83. The Morgan fingerprint density at radius 1 is 1.08 bits per heavy atom. The van der Waals surface area contributed by atoms with Gasteiger partial charge in [-0.1, -0.05) is 23.9 Å². The van der Waals surface area contributed by atoms with Crippen molar-refractivity contribution in [2.75, 3.05) is 25.0 Å². The van der Waals surface area contributed by atoms with Crippen LogP contribution in [0.1, 0.15) is 20.3 Å². The number of ether oxygens (including phenoxy) is 1. The van der Waals surface area contributed by atoms with E-state index in [1.54, 1.807) is 23.6 Å². The highest BCUT2D eigenvalue weighted by Gasteiger charge is 2.23. The maximum Gasteiger partial charge on any atom is 0.308 e. The zero-order chi connectivity index (χ0) is 18.7. The molecule has 0 saturated heterocycles. The maximum absolute atomic E-state index is 11.4. The number of fused-ring (bicyclic) bond motifs is 2. The Morgan fingerprint density at radius 3 is 2.54 bits per heavy atom. The molecule has 1 aliphatic rings. The topological polar surface area (TPSA) is 49.9 Å². The van der Waals surface area contributed by atoms with Crippen LogP contribution in [0.25, 0.3) is 0 Å². The van der Waals surface area contributed by atoms with Gasteiger partial charge in [0.2, 0.25) is 5.91 Å². The van der Waals surface area contributed by atoms with Crippen molar-refractivity contribution in [3.05, 3.63) is 42.5 Å². The minimum absolute atomic E-state index is 0.0750. The van der Waals surface area contributed by atoms with Crippen LogP contribution in [0.2, 0.25) is 0 Å². The predicted molar refractivity (Wildman–Crippen MR) is 103 cm³/mol. The summed E-state index contributed by atoms with van der Waals surface area (Å²) >= 11 is 1.67. The lowest BCUT2D eigenvalue weighted by Gasteiger charge is -2.33. The van der Waals surface area contributed by atoms with Gasteiger partial charge in [0.05, 0.1) is 11.4 Å². The lowest BCUT2D eigenvalue weighted by Crippen LogP contribution is -2.29. The van der Waals surface area contributed by atoms with Gasteiger partial charge in [-0.2, -0.15) is 0 Å². The van der Waals surface area contributed by atoms with Crippen LogP contribution in [0, 0.1) is 0 Å². The van der Waals surface area contributed by atoms with Crippen LogP contribution >= 0.6 is 11.8 Å². The summed E-state index contributed by atoms with van der Waals surface area (Å²) in [5.74, 6) is 0.306. The van der Waals surface area contributed by atoms with Gasteiger partial charge in [-0.3, -0.25) is 9.59 Å². The zero-order valence-corrected chi connectivity index (χ0v) is 16.0. The fourth-order valence-electron chi connectivity index (χ4n) is 2.91.